The van der Waals surface area contributed by atoms with Crippen LogP contribution >= 0.6 is 22.6 Å². The Balaban J connectivity index is 2.82. The van der Waals surface area contributed by atoms with E-state index in [0.717, 1.165) is 0 Å². The maximum absolute atomic E-state index is 11.8. The van der Waals surface area contributed by atoms with Crippen molar-refractivity contribution >= 4 is 40.4 Å². The van der Waals surface area contributed by atoms with Gasteiger partial charge in [0, 0.05) is 3.57 Å². The minimum atomic E-state index is -1.44. The van der Waals surface area contributed by atoms with Crippen LogP contribution in [-0.2, 0) is 9.59 Å². The number of benzene rings is 1. The molecule has 0 fully saturated rings. The summed E-state index contributed by atoms with van der Waals surface area (Å²) in [4.78, 5) is 33.1. The van der Waals surface area contributed by atoms with Gasteiger partial charge in [-0.25, -0.2) is 4.79 Å². The van der Waals surface area contributed by atoms with Gasteiger partial charge in [0.2, 0.25) is 0 Å². The zero-order chi connectivity index (χ0) is 13.7. The number of nitrogens with one attached hydrogen (secondary N) is 1. The molecule has 0 saturated carbocycles. The summed E-state index contributed by atoms with van der Waals surface area (Å²) in [7, 11) is 0. The highest BCUT2D eigenvalue weighted by atomic mass is 127. The molecule has 1 aromatic carbocycles. The largest absolute Gasteiger partial charge is 0.481 e. The molecule has 96 valence electrons. The van der Waals surface area contributed by atoms with Crippen LogP contribution in [0.25, 0.3) is 0 Å². The molecule has 1 rings (SSSR count). The Morgan fingerprint density at radius 2 is 1.83 bits per heavy atom. The fourth-order valence-corrected chi connectivity index (χ4v) is 1.89. The lowest BCUT2D eigenvalue weighted by Crippen LogP contribution is -2.42. The Morgan fingerprint density at radius 1 is 1.22 bits per heavy atom. The summed E-state index contributed by atoms with van der Waals surface area (Å²) in [6.07, 6.45) is -0.662. The van der Waals surface area contributed by atoms with Gasteiger partial charge in [0.05, 0.1) is 12.0 Å². The van der Waals surface area contributed by atoms with Gasteiger partial charge in [0.25, 0.3) is 5.91 Å². The highest BCUT2D eigenvalue weighted by Crippen LogP contribution is 2.11. The molecule has 0 heterocycles. The van der Waals surface area contributed by atoms with Crippen molar-refractivity contribution < 1.29 is 24.6 Å². The molecule has 0 aliphatic carbocycles. The fraction of sp³-hybridized carbons (Fsp3) is 0.182. The van der Waals surface area contributed by atoms with Crippen LogP contribution in [0.1, 0.15) is 16.8 Å². The smallest absolute Gasteiger partial charge is 0.326 e. The van der Waals surface area contributed by atoms with Crippen LogP contribution in [0.4, 0.5) is 0 Å². The Morgan fingerprint density at radius 3 is 2.33 bits per heavy atom. The fourth-order valence-electron chi connectivity index (χ4n) is 1.26. The molecule has 7 heteroatoms. The third-order valence-electron chi connectivity index (χ3n) is 2.10. The van der Waals surface area contributed by atoms with E-state index in [1.54, 1.807) is 18.2 Å². The van der Waals surface area contributed by atoms with Crippen molar-refractivity contribution in [2.75, 3.05) is 0 Å². The summed E-state index contributed by atoms with van der Waals surface area (Å²) in [5, 5.41) is 19.5. The summed E-state index contributed by atoms with van der Waals surface area (Å²) in [5.41, 5.74) is 0.315. The standard InChI is InChI=1S/C11H10INO5/c12-7-4-2-1-3-6(7)10(16)13-8(11(17)18)5-9(14)15/h1-4,8H,5H2,(H,13,16)(H,14,15)(H,17,18)/t8-/m0/s1. The van der Waals surface area contributed by atoms with Crippen molar-refractivity contribution in [3.63, 3.8) is 0 Å². The first-order valence-corrected chi connectivity index (χ1v) is 5.99. The molecule has 0 radical (unpaired) electrons. The SMILES string of the molecule is O=C(O)C[C@H](NC(=O)c1ccccc1I)C(=O)O. The molecule has 6 nitrogen and oxygen atoms in total. The summed E-state index contributed by atoms with van der Waals surface area (Å²) >= 11 is 1.94. The second kappa shape index (κ2) is 6.34. The Kier molecular flexibility index (Phi) is 5.08. The van der Waals surface area contributed by atoms with Crippen LogP contribution in [0.2, 0.25) is 0 Å². The van der Waals surface area contributed by atoms with Crippen molar-refractivity contribution in [1.82, 2.24) is 5.32 Å². The van der Waals surface area contributed by atoms with E-state index in [-0.39, 0.29) is 0 Å². The van der Waals surface area contributed by atoms with E-state index in [4.69, 9.17) is 10.2 Å². The average molecular weight is 363 g/mol. The monoisotopic (exact) mass is 363 g/mol. The number of aliphatic carboxylic acids is 2. The Hall–Kier alpha value is -1.64. The molecule has 1 amide bonds. The predicted molar refractivity (Wildman–Crippen MR) is 70.3 cm³/mol. The number of rotatable bonds is 5. The van der Waals surface area contributed by atoms with E-state index in [1.807, 2.05) is 22.6 Å². The number of halogens is 1. The molecule has 0 aliphatic heterocycles. The molecule has 3 N–H and O–H groups in total. The van der Waals surface area contributed by atoms with Gasteiger partial charge < -0.3 is 15.5 Å². The maximum atomic E-state index is 11.8. The van der Waals surface area contributed by atoms with Gasteiger partial charge in [-0.3, -0.25) is 9.59 Å². The molecular weight excluding hydrogens is 353 g/mol. The number of amides is 1. The van der Waals surface area contributed by atoms with Crippen molar-refractivity contribution in [2.24, 2.45) is 0 Å². The third-order valence-corrected chi connectivity index (χ3v) is 3.04. The minimum absolute atomic E-state index is 0.315. The Labute approximate surface area is 116 Å². The molecule has 18 heavy (non-hydrogen) atoms. The lowest BCUT2D eigenvalue weighted by Gasteiger charge is -2.13. The van der Waals surface area contributed by atoms with Crippen LogP contribution in [0.3, 0.4) is 0 Å². The van der Waals surface area contributed by atoms with Crippen molar-refractivity contribution in [3.05, 3.63) is 33.4 Å². The van der Waals surface area contributed by atoms with Crippen LogP contribution in [0, 0.1) is 3.57 Å². The lowest BCUT2D eigenvalue weighted by molar-refractivity contribution is -0.145. The molecule has 1 atom stereocenters. The maximum Gasteiger partial charge on any atom is 0.326 e. The third kappa shape index (κ3) is 3.99. The molecule has 0 bridgehead atoms. The van der Waals surface area contributed by atoms with Crippen LogP contribution in [0.5, 0.6) is 0 Å². The van der Waals surface area contributed by atoms with Gasteiger partial charge in [-0.05, 0) is 34.7 Å². The van der Waals surface area contributed by atoms with Gasteiger partial charge in [-0.2, -0.15) is 0 Å². The molecular formula is C11H10INO5. The van der Waals surface area contributed by atoms with Crippen LogP contribution in [0.15, 0.2) is 24.3 Å². The zero-order valence-corrected chi connectivity index (χ0v) is 11.2. The van der Waals surface area contributed by atoms with Gasteiger partial charge >= 0.3 is 11.9 Å². The molecule has 0 aromatic heterocycles. The minimum Gasteiger partial charge on any atom is -0.481 e. The summed E-state index contributed by atoms with van der Waals surface area (Å²) in [6, 6.07) is 5.18. The van der Waals surface area contributed by atoms with Crippen LogP contribution < -0.4 is 5.32 Å². The molecule has 0 aliphatic rings. The average Bonchev–Trinajstić information content (AvgIpc) is 2.27. The van der Waals surface area contributed by atoms with E-state index >= 15 is 0 Å². The second-order valence-corrected chi connectivity index (χ2v) is 4.60. The van der Waals surface area contributed by atoms with E-state index in [1.165, 1.54) is 6.07 Å². The van der Waals surface area contributed by atoms with E-state index in [9.17, 15) is 14.4 Å². The van der Waals surface area contributed by atoms with Gasteiger partial charge in [-0.1, -0.05) is 12.1 Å². The second-order valence-electron chi connectivity index (χ2n) is 3.44. The highest BCUT2D eigenvalue weighted by Gasteiger charge is 2.24. The number of carboxylic acids is 2. The molecule has 0 spiro atoms. The first-order chi connectivity index (χ1) is 8.41. The first kappa shape index (κ1) is 14.4. The van der Waals surface area contributed by atoms with Gasteiger partial charge in [0.1, 0.15) is 6.04 Å². The summed E-state index contributed by atoms with van der Waals surface area (Å²) in [5.74, 6) is -3.27. The number of carbonyl (C=O) groups is 3. The highest BCUT2D eigenvalue weighted by molar-refractivity contribution is 14.1. The number of carbonyl (C=O) groups excluding carboxylic acids is 1. The van der Waals surface area contributed by atoms with Crippen molar-refractivity contribution in [2.45, 2.75) is 12.5 Å². The zero-order valence-electron chi connectivity index (χ0n) is 9.09. The number of carboxylic acid groups (broad SMARTS) is 2. The summed E-state index contributed by atoms with van der Waals surface area (Å²) < 4.78 is 0.659. The van der Waals surface area contributed by atoms with Crippen LogP contribution in [-0.4, -0.2) is 34.1 Å². The quantitative estimate of drug-likeness (QED) is 0.676. The predicted octanol–water partition coefficient (Wildman–Crippen LogP) is 0.949. The Bertz CT molecular complexity index is 488. The van der Waals surface area contributed by atoms with E-state index in [2.05, 4.69) is 5.32 Å². The van der Waals surface area contributed by atoms with Crippen molar-refractivity contribution in [1.29, 1.82) is 0 Å². The lowest BCUT2D eigenvalue weighted by atomic mass is 10.1. The molecule has 0 unspecified atom stereocenters. The summed E-state index contributed by atoms with van der Waals surface area (Å²) in [6.45, 7) is 0. The number of hydrogen-bond acceptors (Lipinski definition) is 3. The molecule has 0 saturated heterocycles. The first-order valence-electron chi connectivity index (χ1n) is 4.92. The van der Waals surface area contributed by atoms with E-state index < -0.39 is 30.3 Å². The number of hydrogen-bond donors (Lipinski definition) is 3. The molecule has 1 aromatic rings. The van der Waals surface area contributed by atoms with E-state index in [0.29, 0.717) is 9.13 Å². The normalized spacial score (nSPS) is 11.6. The van der Waals surface area contributed by atoms with Crippen molar-refractivity contribution in [3.8, 4) is 0 Å². The van der Waals surface area contributed by atoms with Gasteiger partial charge in [0.15, 0.2) is 0 Å². The topological polar surface area (TPSA) is 104 Å². The van der Waals surface area contributed by atoms with Gasteiger partial charge in [-0.15, -0.1) is 0 Å².